The molecule has 0 aliphatic heterocycles. The number of pyridine rings is 1. The van der Waals surface area contributed by atoms with Gasteiger partial charge in [-0.25, -0.2) is 9.37 Å². The molecule has 0 aromatic carbocycles. The Morgan fingerprint density at radius 3 is 2.80 bits per heavy atom. The molecule has 1 heterocycles. The van der Waals surface area contributed by atoms with E-state index in [9.17, 15) is 4.39 Å². The second kappa shape index (κ2) is 7.02. The van der Waals surface area contributed by atoms with E-state index < -0.39 is 0 Å². The Balaban J connectivity index is 2.13. The van der Waals surface area contributed by atoms with Crippen molar-refractivity contribution < 1.29 is 4.39 Å². The number of halogens is 1. The van der Waals surface area contributed by atoms with E-state index >= 15 is 0 Å². The molecule has 0 saturated heterocycles. The van der Waals surface area contributed by atoms with Crippen LogP contribution in [0.25, 0.3) is 0 Å². The minimum Gasteiger partial charge on any atom is -0.354 e. The highest BCUT2D eigenvalue weighted by Crippen LogP contribution is 2.32. The monoisotopic (exact) mass is 279 g/mol. The molecule has 1 N–H and O–H groups in total. The first kappa shape index (κ1) is 15.2. The Labute approximate surface area is 121 Å². The Morgan fingerprint density at radius 2 is 2.20 bits per heavy atom. The SMILES string of the molecule is CCCN(CC1CC1)c1nccc(CNC(C)C)c1F. The van der Waals surface area contributed by atoms with Gasteiger partial charge in [0.15, 0.2) is 11.6 Å². The van der Waals surface area contributed by atoms with Crippen LogP contribution in [0, 0.1) is 11.7 Å². The van der Waals surface area contributed by atoms with E-state index in [4.69, 9.17) is 0 Å². The van der Waals surface area contributed by atoms with Crippen LogP contribution >= 0.6 is 0 Å². The molecular weight excluding hydrogens is 253 g/mol. The Bertz CT molecular complexity index is 430. The van der Waals surface area contributed by atoms with Gasteiger partial charge in [0.1, 0.15) is 0 Å². The van der Waals surface area contributed by atoms with Gasteiger partial charge in [0, 0.05) is 37.4 Å². The topological polar surface area (TPSA) is 28.2 Å². The molecule has 1 aliphatic rings. The van der Waals surface area contributed by atoms with E-state index in [1.165, 1.54) is 12.8 Å². The molecule has 0 bridgehead atoms. The molecule has 20 heavy (non-hydrogen) atoms. The van der Waals surface area contributed by atoms with Gasteiger partial charge in [0.05, 0.1) is 0 Å². The van der Waals surface area contributed by atoms with Crippen LogP contribution in [0.3, 0.4) is 0 Å². The van der Waals surface area contributed by atoms with E-state index in [-0.39, 0.29) is 5.82 Å². The average Bonchev–Trinajstić information content (AvgIpc) is 3.21. The Kier molecular flexibility index (Phi) is 5.35. The summed E-state index contributed by atoms with van der Waals surface area (Å²) in [5.41, 5.74) is 0.709. The van der Waals surface area contributed by atoms with Crippen molar-refractivity contribution in [2.24, 2.45) is 5.92 Å². The summed E-state index contributed by atoms with van der Waals surface area (Å²) in [6.45, 7) is 8.64. The summed E-state index contributed by atoms with van der Waals surface area (Å²) in [5.74, 6) is 1.11. The second-order valence-electron chi connectivity index (χ2n) is 6.03. The summed E-state index contributed by atoms with van der Waals surface area (Å²) in [7, 11) is 0. The van der Waals surface area contributed by atoms with Gasteiger partial charge in [-0.15, -0.1) is 0 Å². The molecule has 0 radical (unpaired) electrons. The summed E-state index contributed by atoms with van der Waals surface area (Å²) in [4.78, 5) is 6.41. The molecule has 0 atom stereocenters. The van der Waals surface area contributed by atoms with Gasteiger partial charge < -0.3 is 10.2 Å². The van der Waals surface area contributed by atoms with Crippen molar-refractivity contribution in [2.75, 3.05) is 18.0 Å². The van der Waals surface area contributed by atoms with Crippen LogP contribution in [0.1, 0.15) is 45.6 Å². The molecule has 3 nitrogen and oxygen atoms in total. The van der Waals surface area contributed by atoms with Gasteiger partial charge in [-0.05, 0) is 31.2 Å². The van der Waals surface area contributed by atoms with Crippen molar-refractivity contribution in [3.05, 3.63) is 23.6 Å². The van der Waals surface area contributed by atoms with E-state index in [0.29, 0.717) is 24.0 Å². The summed E-state index contributed by atoms with van der Waals surface area (Å²) in [6.07, 6.45) is 5.29. The number of rotatable bonds is 8. The van der Waals surface area contributed by atoms with Crippen LogP contribution in [-0.2, 0) is 6.54 Å². The lowest BCUT2D eigenvalue weighted by Crippen LogP contribution is -2.29. The number of nitrogens with one attached hydrogen (secondary N) is 1. The van der Waals surface area contributed by atoms with Crippen LogP contribution in [0.5, 0.6) is 0 Å². The largest absolute Gasteiger partial charge is 0.354 e. The zero-order valence-electron chi connectivity index (χ0n) is 12.8. The summed E-state index contributed by atoms with van der Waals surface area (Å²) in [5, 5.41) is 3.27. The van der Waals surface area contributed by atoms with Crippen LogP contribution in [0.2, 0.25) is 0 Å². The molecule has 1 aromatic rings. The first-order valence-electron chi connectivity index (χ1n) is 7.73. The third kappa shape index (κ3) is 4.17. The fourth-order valence-corrected chi connectivity index (χ4v) is 2.31. The van der Waals surface area contributed by atoms with E-state index in [1.807, 2.05) is 0 Å². The van der Waals surface area contributed by atoms with Crippen LogP contribution in [0.15, 0.2) is 12.3 Å². The number of hydrogen-bond acceptors (Lipinski definition) is 3. The zero-order chi connectivity index (χ0) is 14.5. The minimum atomic E-state index is -0.158. The van der Waals surface area contributed by atoms with E-state index in [2.05, 4.69) is 36.0 Å². The van der Waals surface area contributed by atoms with E-state index in [1.54, 1.807) is 12.3 Å². The highest BCUT2D eigenvalue weighted by atomic mass is 19.1. The third-order valence-corrected chi connectivity index (χ3v) is 3.62. The van der Waals surface area contributed by atoms with Crippen molar-refractivity contribution in [1.29, 1.82) is 0 Å². The molecule has 0 amide bonds. The molecule has 112 valence electrons. The number of hydrogen-bond donors (Lipinski definition) is 1. The maximum absolute atomic E-state index is 14.6. The van der Waals surface area contributed by atoms with Crippen molar-refractivity contribution in [1.82, 2.24) is 10.3 Å². The van der Waals surface area contributed by atoms with Gasteiger partial charge in [-0.3, -0.25) is 0 Å². The molecule has 1 fully saturated rings. The zero-order valence-corrected chi connectivity index (χ0v) is 12.8. The molecule has 1 saturated carbocycles. The van der Waals surface area contributed by atoms with Crippen molar-refractivity contribution in [3.63, 3.8) is 0 Å². The van der Waals surface area contributed by atoms with Crippen LogP contribution in [-0.4, -0.2) is 24.1 Å². The Morgan fingerprint density at radius 1 is 1.45 bits per heavy atom. The highest BCUT2D eigenvalue weighted by molar-refractivity contribution is 5.43. The average molecular weight is 279 g/mol. The van der Waals surface area contributed by atoms with Crippen molar-refractivity contribution in [2.45, 2.75) is 52.6 Å². The van der Waals surface area contributed by atoms with E-state index in [0.717, 1.165) is 25.4 Å². The standard InChI is InChI=1S/C16H26FN3/c1-4-9-20(11-13-5-6-13)16-15(17)14(7-8-18-16)10-19-12(2)3/h7-8,12-13,19H,4-6,9-11H2,1-3H3. The molecule has 4 heteroatoms. The smallest absolute Gasteiger partial charge is 0.170 e. The summed E-state index contributed by atoms with van der Waals surface area (Å²) in [6, 6.07) is 2.12. The number of nitrogens with zero attached hydrogens (tertiary/aromatic N) is 2. The quantitative estimate of drug-likeness (QED) is 0.791. The lowest BCUT2D eigenvalue weighted by Gasteiger charge is -2.24. The maximum atomic E-state index is 14.6. The highest BCUT2D eigenvalue weighted by Gasteiger charge is 2.26. The third-order valence-electron chi connectivity index (χ3n) is 3.62. The van der Waals surface area contributed by atoms with Gasteiger partial charge >= 0.3 is 0 Å². The van der Waals surface area contributed by atoms with Gasteiger partial charge in [-0.1, -0.05) is 20.8 Å². The molecule has 2 rings (SSSR count). The lowest BCUT2D eigenvalue weighted by atomic mass is 10.2. The minimum absolute atomic E-state index is 0.158. The summed E-state index contributed by atoms with van der Waals surface area (Å²) < 4.78 is 14.6. The lowest BCUT2D eigenvalue weighted by molar-refractivity contribution is 0.544. The normalized spacial score (nSPS) is 14.8. The molecule has 1 aliphatic carbocycles. The van der Waals surface area contributed by atoms with Gasteiger partial charge in [0.2, 0.25) is 0 Å². The fourth-order valence-electron chi connectivity index (χ4n) is 2.31. The summed E-state index contributed by atoms with van der Waals surface area (Å²) >= 11 is 0. The molecule has 1 aromatic heterocycles. The van der Waals surface area contributed by atoms with Gasteiger partial charge in [-0.2, -0.15) is 0 Å². The second-order valence-corrected chi connectivity index (χ2v) is 6.03. The van der Waals surface area contributed by atoms with Crippen LogP contribution < -0.4 is 10.2 Å². The molecular formula is C16H26FN3. The predicted molar refractivity (Wildman–Crippen MR) is 81.4 cm³/mol. The fraction of sp³-hybridized carbons (Fsp3) is 0.688. The van der Waals surface area contributed by atoms with Crippen molar-refractivity contribution in [3.8, 4) is 0 Å². The molecule has 0 spiro atoms. The number of anilines is 1. The number of aromatic nitrogens is 1. The van der Waals surface area contributed by atoms with Crippen molar-refractivity contribution >= 4 is 5.82 Å². The first-order valence-corrected chi connectivity index (χ1v) is 7.73. The maximum Gasteiger partial charge on any atom is 0.170 e. The Hall–Kier alpha value is -1.16. The molecule has 0 unspecified atom stereocenters. The van der Waals surface area contributed by atoms with Crippen LogP contribution in [0.4, 0.5) is 10.2 Å². The van der Waals surface area contributed by atoms with Gasteiger partial charge in [0.25, 0.3) is 0 Å². The predicted octanol–water partition coefficient (Wildman–Crippen LogP) is 3.35. The first-order chi connectivity index (χ1) is 9.61.